The van der Waals surface area contributed by atoms with Crippen molar-refractivity contribution in [1.29, 1.82) is 0 Å². The molecule has 76 valence electrons. The fraction of sp³-hybridized carbons (Fsp3) is 0.571. The molecular weight excluding hydrogens is 204 g/mol. The van der Waals surface area contributed by atoms with Gasteiger partial charge < -0.3 is 10.5 Å². The largest absolute Gasteiger partial charge is 0.462 e. The minimum Gasteiger partial charge on any atom is -0.462 e. The molecule has 1 saturated heterocycles. The zero-order valence-corrected chi connectivity index (χ0v) is 8.37. The maximum Gasteiger partial charge on any atom is 0.319 e. The van der Waals surface area contributed by atoms with Gasteiger partial charge >= 0.3 is 5.97 Å². The van der Waals surface area contributed by atoms with Gasteiger partial charge in [0, 0.05) is 6.42 Å². The summed E-state index contributed by atoms with van der Waals surface area (Å²) >= 11 is 1.28. The number of ether oxygens (including phenoxy) is 1. The Hall–Kier alpha value is -1.24. The maximum atomic E-state index is 11.3. The van der Waals surface area contributed by atoms with E-state index in [-0.39, 0.29) is 23.3 Å². The van der Waals surface area contributed by atoms with E-state index in [9.17, 15) is 4.79 Å². The van der Waals surface area contributed by atoms with E-state index in [0.717, 1.165) is 0 Å². The normalized spacial score (nSPS) is 26.5. The van der Waals surface area contributed by atoms with E-state index in [1.807, 2.05) is 6.92 Å². The summed E-state index contributed by atoms with van der Waals surface area (Å²) in [6.07, 6.45) is 0.675. The van der Waals surface area contributed by atoms with Crippen molar-refractivity contribution in [3.8, 4) is 0 Å². The van der Waals surface area contributed by atoms with Gasteiger partial charge in [-0.2, -0.15) is 4.98 Å². The van der Waals surface area contributed by atoms with Crippen LogP contribution in [-0.2, 0) is 9.53 Å². The molecule has 1 aliphatic rings. The zero-order valence-electron chi connectivity index (χ0n) is 7.56. The minimum atomic E-state index is -0.208. The average molecular weight is 214 g/mol. The quantitative estimate of drug-likeness (QED) is 0.682. The number of nitrogens with one attached hydrogen (secondary N) is 1. The van der Waals surface area contributed by atoms with Crippen molar-refractivity contribution in [1.82, 2.24) is 15.2 Å². The Kier molecular flexibility index (Phi) is 2.32. The van der Waals surface area contributed by atoms with Gasteiger partial charge in [-0.25, -0.2) is 5.10 Å². The molecule has 1 aliphatic heterocycles. The zero-order chi connectivity index (χ0) is 10.1. The van der Waals surface area contributed by atoms with Crippen LogP contribution in [0.5, 0.6) is 0 Å². The summed E-state index contributed by atoms with van der Waals surface area (Å²) in [5, 5.41) is 6.62. The molecule has 0 unspecified atom stereocenters. The number of carbonyl (C=O) groups excluding carboxylic acids is 1. The molecule has 14 heavy (non-hydrogen) atoms. The second-order valence-electron chi connectivity index (χ2n) is 3.09. The molecule has 0 saturated carbocycles. The number of rotatable bonds is 2. The third-order valence-corrected chi connectivity index (χ3v) is 2.92. The lowest BCUT2D eigenvalue weighted by molar-refractivity contribution is -0.140. The highest BCUT2D eigenvalue weighted by atomic mass is 32.2. The van der Waals surface area contributed by atoms with Crippen LogP contribution in [0, 0.1) is 0 Å². The number of nitrogens with zero attached hydrogens (tertiary/aromatic N) is 2. The van der Waals surface area contributed by atoms with Crippen molar-refractivity contribution in [3.05, 3.63) is 0 Å². The molecule has 0 aromatic carbocycles. The van der Waals surface area contributed by atoms with Crippen LogP contribution in [0.25, 0.3) is 0 Å². The standard InChI is InChI=1S/C7H10N4O2S/c1-3-2-4(5(12)13-3)14-7-9-6(8)10-11-7/h3-4H,2H2,1H3,(H3,8,9,10,11)/t3-,4+/m0/s1. The molecule has 2 heterocycles. The molecule has 1 fully saturated rings. The number of nitrogens with two attached hydrogens (primary N) is 1. The second kappa shape index (κ2) is 3.49. The van der Waals surface area contributed by atoms with Gasteiger partial charge in [-0.15, -0.1) is 5.10 Å². The lowest BCUT2D eigenvalue weighted by Crippen LogP contribution is -2.09. The Morgan fingerprint density at radius 3 is 3.00 bits per heavy atom. The van der Waals surface area contributed by atoms with Crippen LogP contribution in [-0.4, -0.2) is 32.5 Å². The van der Waals surface area contributed by atoms with Crippen LogP contribution in [0.1, 0.15) is 13.3 Å². The maximum absolute atomic E-state index is 11.3. The summed E-state index contributed by atoms with van der Waals surface area (Å²) in [6.45, 7) is 1.87. The summed E-state index contributed by atoms with van der Waals surface area (Å²) in [5.74, 6) is 0.0535. The molecule has 0 bridgehead atoms. The van der Waals surface area contributed by atoms with Gasteiger partial charge in [0.05, 0.1) is 0 Å². The Morgan fingerprint density at radius 1 is 1.71 bits per heavy atom. The van der Waals surface area contributed by atoms with Crippen molar-refractivity contribution >= 4 is 23.7 Å². The van der Waals surface area contributed by atoms with Gasteiger partial charge in [-0.1, -0.05) is 11.8 Å². The first-order chi connectivity index (χ1) is 6.65. The molecule has 7 heteroatoms. The molecule has 2 atom stereocenters. The number of aromatic nitrogens is 3. The number of hydrogen-bond acceptors (Lipinski definition) is 6. The predicted octanol–water partition coefficient (Wildman–Crippen LogP) is 0.183. The van der Waals surface area contributed by atoms with Crippen molar-refractivity contribution in [2.45, 2.75) is 29.9 Å². The Labute approximate surface area is 84.6 Å². The topological polar surface area (TPSA) is 93.9 Å². The van der Waals surface area contributed by atoms with Crippen LogP contribution in [0.4, 0.5) is 5.95 Å². The number of anilines is 1. The summed E-state index contributed by atoms with van der Waals surface area (Å²) < 4.78 is 5.00. The molecule has 1 aromatic rings. The van der Waals surface area contributed by atoms with Gasteiger partial charge in [0.15, 0.2) is 0 Å². The van der Waals surface area contributed by atoms with Crippen molar-refractivity contribution in [3.63, 3.8) is 0 Å². The Bertz CT molecular complexity index is 353. The van der Waals surface area contributed by atoms with Crippen LogP contribution < -0.4 is 5.73 Å². The molecule has 0 aliphatic carbocycles. The number of aromatic amines is 1. The highest BCUT2D eigenvalue weighted by Crippen LogP contribution is 2.29. The van der Waals surface area contributed by atoms with Crippen LogP contribution in [0.2, 0.25) is 0 Å². The summed E-state index contributed by atoms with van der Waals surface area (Å²) in [7, 11) is 0. The first kappa shape index (κ1) is 9.32. The molecular formula is C7H10N4O2S. The fourth-order valence-electron chi connectivity index (χ4n) is 1.25. The van der Waals surface area contributed by atoms with E-state index in [0.29, 0.717) is 11.6 Å². The lowest BCUT2D eigenvalue weighted by atomic mass is 10.3. The molecule has 6 nitrogen and oxygen atoms in total. The number of cyclic esters (lactones) is 1. The van der Waals surface area contributed by atoms with E-state index in [1.165, 1.54) is 11.8 Å². The third kappa shape index (κ3) is 1.82. The molecule has 0 radical (unpaired) electrons. The number of carbonyl (C=O) groups is 1. The van der Waals surface area contributed by atoms with Gasteiger partial charge in [-0.05, 0) is 6.92 Å². The van der Waals surface area contributed by atoms with E-state index >= 15 is 0 Å². The number of H-pyrrole nitrogens is 1. The lowest BCUT2D eigenvalue weighted by Gasteiger charge is -1.98. The van der Waals surface area contributed by atoms with E-state index in [2.05, 4.69) is 15.2 Å². The van der Waals surface area contributed by atoms with Gasteiger partial charge in [0.1, 0.15) is 11.4 Å². The highest BCUT2D eigenvalue weighted by Gasteiger charge is 2.33. The molecule has 2 rings (SSSR count). The van der Waals surface area contributed by atoms with Crippen molar-refractivity contribution in [2.24, 2.45) is 0 Å². The third-order valence-electron chi connectivity index (χ3n) is 1.86. The monoisotopic (exact) mass is 214 g/mol. The number of thioether (sulfide) groups is 1. The van der Waals surface area contributed by atoms with E-state index in [4.69, 9.17) is 10.5 Å². The van der Waals surface area contributed by atoms with E-state index in [1.54, 1.807) is 0 Å². The smallest absolute Gasteiger partial charge is 0.319 e. The number of esters is 1. The fourth-order valence-corrected chi connectivity index (χ4v) is 2.28. The SMILES string of the molecule is C[C@H]1C[C@@H](Sc2n[nH]c(N)n2)C(=O)O1. The number of nitrogen functional groups attached to an aromatic ring is 1. The van der Waals surface area contributed by atoms with Crippen LogP contribution in [0.15, 0.2) is 5.16 Å². The van der Waals surface area contributed by atoms with Gasteiger partial charge in [0.2, 0.25) is 11.1 Å². The number of hydrogen-bond donors (Lipinski definition) is 2. The van der Waals surface area contributed by atoms with Crippen LogP contribution >= 0.6 is 11.8 Å². The summed E-state index contributed by atoms with van der Waals surface area (Å²) in [5.41, 5.74) is 5.36. The highest BCUT2D eigenvalue weighted by molar-refractivity contribution is 8.00. The van der Waals surface area contributed by atoms with Gasteiger partial charge in [-0.3, -0.25) is 4.79 Å². The molecule has 3 N–H and O–H groups in total. The summed E-state index contributed by atoms with van der Waals surface area (Å²) in [4.78, 5) is 15.2. The predicted molar refractivity (Wildman–Crippen MR) is 50.6 cm³/mol. The first-order valence-electron chi connectivity index (χ1n) is 4.20. The summed E-state index contributed by atoms with van der Waals surface area (Å²) in [6, 6.07) is 0. The average Bonchev–Trinajstić information content (AvgIpc) is 2.61. The Balaban J connectivity index is 2.01. The van der Waals surface area contributed by atoms with Gasteiger partial charge in [0.25, 0.3) is 0 Å². The molecule has 0 amide bonds. The Morgan fingerprint density at radius 2 is 2.50 bits per heavy atom. The van der Waals surface area contributed by atoms with Crippen molar-refractivity contribution < 1.29 is 9.53 Å². The van der Waals surface area contributed by atoms with E-state index < -0.39 is 0 Å². The second-order valence-corrected chi connectivity index (χ2v) is 4.26. The molecule has 0 spiro atoms. The van der Waals surface area contributed by atoms with Crippen LogP contribution in [0.3, 0.4) is 0 Å². The first-order valence-corrected chi connectivity index (χ1v) is 5.08. The minimum absolute atomic E-state index is 0.0173. The van der Waals surface area contributed by atoms with Crippen molar-refractivity contribution in [2.75, 3.05) is 5.73 Å². The molecule has 1 aromatic heterocycles.